The van der Waals surface area contributed by atoms with Gasteiger partial charge in [-0.1, -0.05) is 31.7 Å². The Kier molecular flexibility index (Phi) is 5.40. The lowest BCUT2D eigenvalue weighted by Gasteiger charge is -2.05. The second-order valence-corrected chi connectivity index (χ2v) is 3.25. The van der Waals surface area contributed by atoms with E-state index in [9.17, 15) is 0 Å². The smallest absolute Gasteiger partial charge is 0.0582 e. The van der Waals surface area contributed by atoms with E-state index in [1.807, 2.05) is 5.55 Å². The van der Waals surface area contributed by atoms with Gasteiger partial charge in [-0.2, -0.15) is 0 Å². The normalized spacial score (nSPS) is 13.5. The molecule has 0 aliphatic heterocycles. The molecule has 0 N–H and O–H groups in total. The van der Waals surface area contributed by atoms with E-state index in [1.165, 1.54) is 4.91 Å². The molecule has 0 amide bonds. The first-order valence-corrected chi connectivity index (χ1v) is 4.33. The number of aliphatic imine (C=N–C) groups is 1. The van der Waals surface area contributed by atoms with Gasteiger partial charge in [-0.15, -0.1) is 0 Å². The molecule has 0 spiro atoms. The summed E-state index contributed by atoms with van der Waals surface area (Å²) in [7, 11) is 1.79. The molecule has 0 heterocycles. The molecular formula is C8H15NS. The maximum Gasteiger partial charge on any atom is 0.0582 e. The zero-order valence-electron chi connectivity index (χ0n) is 7.09. The largest absolute Gasteiger partial charge is 0.289 e. The molecule has 0 aromatic carbocycles. The summed E-state index contributed by atoms with van der Waals surface area (Å²) in [4.78, 5) is 5.28. The quantitative estimate of drug-likeness (QED) is 0.453. The first-order chi connectivity index (χ1) is 4.72. The van der Waals surface area contributed by atoms with Gasteiger partial charge < -0.3 is 0 Å². The number of hydrogen-bond donors (Lipinski definition) is 0. The van der Waals surface area contributed by atoms with Crippen molar-refractivity contribution in [2.45, 2.75) is 20.8 Å². The predicted molar refractivity (Wildman–Crippen MR) is 50.6 cm³/mol. The summed E-state index contributed by atoms with van der Waals surface area (Å²) in [5.74, 6) is 0.619. The topological polar surface area (TPSA) is 12.4 Å². The van der Waals surface area contributed by atoms with Crippen molar-refractivity contribution in [3.05, 3.63) is 11.0 Å². The summed E-state index contributed by atoms with van der Waals surface area (Å²) >= 11 is 1.70. The minimum atomic E-state index is 0.619. The molecule has 0 aliphatic rings. The van der Waals surface area contributed by atoms with Gasteiger partial charge in [0.2, 0.25) is 0 Å². The van der Waals surface area contributed by atoms with Crippen LogP contribution in [0.15, 0.2) is 16.0 Å². The van der Waals surface area contributed by atoms with Gasteiger partial charge in [-0.05, 0) is 17.7 Å². The fourth-order valence-electron chi connectivity index (χ4n) is 0.651. The summed E-state index contributed by atoms with van der Waals surface area (Å²) in [5, 5.41) is 0. The number of allylic oxidation sites excluding steroid dienone is 2. The number of nitrogens with zero attached hydrogens (tertiary/aromatic N) is 1. The zero-order chi connectivity index (χ0) is 7.98. The summed E-state index contributed by atoms with van der Waals surface area (Å²) < 4.78 is 0. The Hall–Kier alpha value is -0.240. The molecule has 0 atom stereocenters. The summed E-state index contributed by atoms with van der Waals surface area (Å²) in [6, 6.07) is 0. The fraction of sp³-hybridized carbons (Fsp3) is 0.625. The molecule has 0 rings (SSSR count). The Morgan fingerprint density at radius 2 is 2.10 bits per heavy atom. The molecule has 0 aliphatic carbocycles. The first-order valence-electron chi connectivity index (χ1n) is 3.45. The van der Waals surface area contributed by atoms with E-state index in [1.54, 1.807) is 18.8 Å². The zero-order valence-corrected chi connectivity index (χ0v) is 7.90. The van der Waals surface area contributed by atoms with Crippen LogP contribution >= 0.6 is 11.8 Å². The number of thioether (sulfide) groups is 1. The van der Waals surface area contributed by atoms with Crippen LogP contribution < -0.4 is 0 Å². The van der Waals surface area contributed by atoms with Gasteiger partial charge in [0.15, 0.2) is 0 Å². The maximum atomic E-state index is 3.90. The molecule has 2 heteroatoms. The van der Waals surface area contributed by atoms with Crippen molar-refractivity contribution < 1.29 is 0 Å². The van der Waals surface area contributed by atoms with Crippen LogP contribution in [0.4, 0.5) is 0 Å². The van der Waals surface area contributed by atoms with Gasteiger partial charge >= 0.3 is 0 Å². The van der Waals surface area contributed by atoms with Crippen LogP contribution in [0.5, 0.6) is 0 Å². The monoisotopic (exact) mass is 157 g/mol. The lowest BCUT2D eigenvalue weighted by atomic mass is 10.2. The van der Waals surface area contributed by atoms with Crippen molar-refractivity contribution in [3.63, 3.8) is 0 Å². The lowest BCUT2D eigenvalue weighted by molar-refractivity contribution is 0.816. The molecule has 0 radical (unpaired) electrons. The van der Waals surface area contributed by atoms with Crippen molar-refractivity contribution in [1.82, 2.24) is 0 Å². The van der Waals surface area contributed by atoms with E-state index in [4.69, 9.17) is 0 Å². The highest BCUT2D eigenvalue weighted by Crippen LogP contribution is 2.21. The molecule has 0 saturated carbocycles. The van der Waals surface area contributed by atoms with Crippen molar-refractivity contribution in [1.29, 1.82) is 0 Å². The van der Waals surface area contributed by atoms with Gasteiger partial charge in [-0.25, -0.2) is 0 Å². The third-order valence-corrected chi connectivity index (χ3v) is 2.44. The minimum absolute atomic E-state index is 0.619. The summed E-state index contributed by atoms with van der Waals surface area (Å²) in [6.45, 7) is 6.43. The second kappa shape index (κ2) is 5.54. The second-order valence-electron chi connectivity index (χ2n) is 2.33. The standard InChI is InChI=1S/C8H15NS/c1-5-8(7(2)3)10-6-9-4/h5-7H,1-4H3/b8-5-,9-6-. The highest BCUT2D eigenvalue weighted by molar-refractivity contribution is 8.15. The molecule has 0 bridgehead atoms. The highest BCUT2D eigenvalue weighted by Gasteiger charge is 1.99. The van der Waals surface area contributed by atoms with Gasteiger partial charge in [0.05, 0.1) is 5.55 Å². The fourth-order valence-corrected chi connectivity index (χ4v) is 1.29. The maximum absolute atomic E-state index is 3.90. The summed E-state index contributed by atoms with van der Waals surface area (Å²) in [6.07, 6.45) is 2.14. The predicted octanol–water partition coefficient (Wildman–Crippen LogP) is 2.94. The van der Waals surface area contributed by atoms with Crippen molar-refractivity contribution >= 4 is 17.3 Å². The van der Waals surface area contributed by atoms with Crippen LogP contribution in [0.1, 0.15) is 20.8 Å². The van der Waals surface area contributed by atoms with Crippen molar-refractivity contribution in [3.8, 4) is 0 Å². The lowest BCUT2D eigenvalue weighted by Crippen LogP contribution is -1.88. The van der Waals surface area contributed by atoms with Gasteiger partial charge in [0.25, 0.3) is 0 Å². The Morgan fingerprint density at radius 1 is 1.50 bits per heavy atom. The van der Waals surface area contributed by atoms with E-state index in [2.05, 4.69) is 31.8 Å². The Labute approximate surface area is 67.6 Å². The molecular weight excluding hydrogens is 142 g/mol. The van der Waals surface area contributed by atoms with Crippen LogP contribution in [0, 0.1) is 5.92 Å². The Bertz CT molecular complexity index is 136. The first kappa shape index (κ1) is 9.76. The highest BCUT2D eigenvalue weighted by atomic mass is 32.2. The molecule has 10 heavy (non-hydrogen) atoms. The number of rotatable bonds is 3. The average Bonchev–Trinajstić information content (AvgIpc) is 1.89. The molecule has 0 aromatic rings. The number of hydrogen-bond acceptors (Lipinski definition) is 2. The van der Waals surface area contributed by atoms with E-state index in [0.29, 0.717) is 5.92 Å². The molecule has 1 nitrogen and oxygen atoms in total. The molecule has 0 fully saturated rings. The average molecular weight is 157 g/mol. The third kappa shape index (κ3) is 3.72. The minimum Gasteiger partial charge on any atom is -0.289 e. The van der Waals surface area contributed by atoms with E-state index in [0.717, 1.165) is 0 Å². The van der Waals surface area contributed by atoms with Crippen LogP contribution in [0.25, 0.3) is 0 Å². The molecule has 58 valence electrons. The van der Waals surface area contributed by atoms with E-state index < -0.39 is 0 Å². The Morgan fingerprint density at radius 3 is 2.40 bits per heavy atom. The van der Waals surface area contributed by atoms with Crippen LogP contribution in [-0.2, 0) is 0 Å². The van der Waals surface area contributed by atoms with Gasteiger partial charge in [0, 0.05) is 7.05 Å². The van der Waals surface area contributed by atoms with Crippen molar-refractivity contribution in [2.75, 3.05) is 7.05 Å². The van der Waals surface area contributed by atoms with Crippen LogP contribution in [0.3, 0.4) is 0 Å². The molecule has 0 unspecified atom stereocenters. The van der Waals surface area contributed by atoms with Gasteiger partial charge in [0.1, 0.15) is 0 Å². The summed E-state index contributed by atoms with van der Waals surface area (Å²) in [5.41, 5.74) is 1.87. The van der Waals surface area contributed by atoms with Crippen molar-refractivity contribution in [2.24, 2.45) is 10.9 Å². The molecule has 0 saturated heterocycles. The van der Waals surface area contributed by atoms with Gasteiger partial charge in [-0.3, -0.25) is 4.99 Å². The van der Waals surface area contributed by atoms with Crippen LogP contribution in [0.2, 0.25) is 0 Å². The Balaban J connectivity index is 3.86. The molecule has 0 aromatic heterocycles. The van der Waals surface area contributed by atoms with Crippen LogP contribution in [-0.4, -0.2) is 12.6 Å². The third-order valence-electron chi connectivity index (χ3n) is 1.15. The van der Waals surface area contributed by atoms with E-state index in [-0.39, 0.29) is 0 Å². The van der Waals surface area contributed by atoms with E-state index >= 15 is 0 Å². The SMILES string of the molecule is C/C=C(\S/C=N\C)C(C)C.